The molecule has 4 saturated carbocycles. The van der Waals surface area contributed by atoms with Crippen LogP contribution in [0, 0.1) is 11.8 Å². The molecule has 0 radical (unpaired) electrons. The van der Waals surface area contributed by atoms with Crippen molar-refractivity contribution in [3.05, 3.63) is 30.0 Å². The van der Waals surface area contributed by atoms with E-state index in [0.717, 1.165) is 32.1 Å². The van der Waals surface area contributed by atoms with E-state index in [1.807, 2.05) is 0 Å². The molecule has 8 nitrogen and oxygen atoms in total. The lowest BCUT2D eigenvalue weighted by atomic mass is 9.50. The van der Waals surface area contributed by atoms with Crippen molar-refractivity contribution in [3.8, 4) is 0 Å². The fourth-order valence-corrected chi connectivity index (χ4v) is 5.87. The fraction of sp³-hybridized carbons (Fsp3) is 0.647. The normalized spacial score (nSPS) is 35.9. The molecule has 2 aromatic rings. The molecular formula is C17H21N5O3. The number of aromatic nitrogens is 4. The van der Waals surface area contributed by atoms with Crippen molar-refractivity contribution >= 4 is 5.91 Å². The summed E-state index contributed by atoms with van der Waals surface area (Å²) in [7, 11) is 0. The van der Waals surface area contributed by atoms with Gasteiger partial charge >= 0.3 is 0 Å². The molecule has 2 N–H and O–H groups in total. The van der Waals surface area contributed by atoms with E-state index in [2.05, 4.69) is 20.7 Å². The maximum absolute atomic E-state index is 12.7. The SMILES string of the molecule is O=C(NC12CC3CC(C1)CC(n1ncnn1)(C3)C2)c1ccc(CO)o1. The molecule has 2 aromatic heterocycles. The molecule has 25 heavy (non-hydrogen) atoms. The van der Waals surface area contributed by atoms with Crippen LogP contribution >= 0.6 is 0 Å². The van der Waals surface area contributed by atoms with Gasteiger partial charge in [-0.1, -0.05) is 0 Å². The largest absolute Gasteiger partial charge is 0.453 e. The lowest BCUT2D eigenvalue weighted by Crippen LogP contribution is -2.66. The van der Waals surface area contributed by atoms with Gasteiger partial charge in [0.2, 0.25) is 0 Å². The number of tetrazole rings is 1. The van der Waals surface area contributed by atoms with Crippen molar-refractivity contribution in [2.75, 3.05) is 0 Å². The second-order valence-electron chi connectivity index (χ2n) is 8.07. The fourth-order valence-electron chi connectivity index (χ4n) is 5.87. The second-order valence-corrected chi connectivity index (χ2v) is 8.07. The Morgan fingerprint density at radius 1 is 1.32 bits per heavy atom. The number of aliphatic hydroxyl groups is 1. The molecule has 2 atom stereocenters. The lowest BCUT2D eigenvalue weighted by molar-refractivity contribution is -0.0812. The number of nitrogens with one attached hydrogen (secondary N) is 1. The highest BCUT2D eigenvalue weighted by molar-refractivity contribution is 5.92. The Labute approximate surface area is 144 Å². The van der Waals surface area contributed by atoms with Crippen LogP contribution < -0.4 is 5.32 Å². The first kappa shape index (κ1) is 15.1. The van der Waals surface area contributed by atoms with E-state index >= 15 is 0 Å². The maximum atomic E-state index is 12.7. The summed E-state index contributed by atoms with van der Waals surface area (Å²) in [4.78, 5) is 14.5. The molecule has 132 valence electrons. The summed E-state index contributed by atoms with van der Waals surface area (Å²) in [6.07, 6.45) is 7.67. The van der Waals surface area contributed by atoms with E-state index in [9.17, 15) is 4.79 Å². The third kappa shape index (κ3) is 2.31. The number of carbonyl (C=O) groups is 1. The molecule has 4 aliphatic rings. The Bertz CT molecular complexity index is 785. The average Bonchev–Trinajstić information content (AvgIpc) is 3.25. The third-order valence-electron chi connectivity index (χ3n) is 6.22. The minimum absolute atomic E-state index is 0.132. The number of amides is 1. The molecule has 0 saturated heterocycles. The van der Waals surface area contributed by atoms with Crippen LogP contribution in [-0.2, 0) is 12.1 Å². The summed E-state index contributed by atoms with van der Waals surface area (Å²) in [5.41, 5.74) is -0.367. The van der Waals surface area contributed by atoms with Gasteiger partial charge in [0, 0.05) is 5.54 Å². The quantitative estimate of drug-likeness (QED) is 0.865. The first-order valence-electron chi connectivity index (χ1n) is 8.85. The molecule has 0 spiro atoms. The highest BCUT2D eigenvalue weighted by Gasteiger charge is 2.60. The van der Waals surface area contributed by atoms with Crippen molar-refractivity contribution in [1.82, 2.24) is 25.5 Å². The molecule has 4 fully saturated rings. The zero-order valence-electron chi connectivity index (χ0n) is 13.9. The van der Waals surface area contributed by atoms with Gasteiger partial charge in [-0.25, -0.2) is 0 Å². The number of furan rings is 1. The van der Waals surface area contributed by atoms with Gasteiger partial charge in [-0.15, -0.1) is 10.2 Å². The minimum Gasteiger partial charge on any atom is -0.453 e. The summed E-state index contributed by atoms with van der Waals surface area (Å²) in [6, 6.07) is 3.26. The Morgan fingerprint density at radius 2 is 2.12 bits per heavy atom. The highest BCUT2D eigenvalue weighted by Crippen LogP contribution is 2.60. The number of carbonyl (C=O) groups excluding carboxylic acids is 1. The van der Waals surface area contributed by atoms with Gasteiger partial charge < -0.3 is 14.8 Å². The Morgan fingerprint density at radius 3 is 2.76 bits per heavy atom. The topological polar surface area (TPSA) is 106 Å². The number of rotatable bonds is 4. The van der Waals surface area contributed by atoms with Crippen LogP contribution in [0.2, 0.25) is 0 Å². The Kier molecular flexibility index (Phi) is 3.10. The second kappa shape index (κ2) is 5.14. The van der Waals surface area contributed by atoms with Gasteiger partial charge in [-0.2, -0.15) is 4.80 Å². The zero-order valence-corrected chi connectivity index (χ0v) is 13.9. The van der Waals surface area contributed by atoms with E-state index in [-0.39, 0.29) is 29.4 Å². The van der Waals surface area contributed by atoms with Crippen molar-refractivity contribution in [2.24, 2.45) is 11.8 Å². The van der Waals surface area contributed by atoms with Gasteiger partial charge in [0.05, 0.1) is 5.54 Å². The van der Waals surface area contributed by atoms with Crippen LogP contribution in [0.15, 0.2) is 22.9 Å². The summed E-state index contributed by atoms with van der Waals surface area (Å²) in [5.74, 6) is 1.62. The highest BCUT2D eigenvalue weighted by atomic mass is 16.4. The molecule has 6 rings (SSSR count). The molecule has 4 bridgehead atoms. The molecule has 2 heterocycles. The Balaban J connectivity index is 1.44. The van der Waals surface area contributed by atoms with Crippen LogP contribution in [-0.4, -0.2) is 36.8 Å². The average molecular weight is 343 g/mol. The van der Waals surface area contributed by atoms with Gasteiger partial charge in [-0.05, 0) is 67.7 Å². The summed E-state index contributed by atoms with van der Waals surface area (Å²) in [5, 5.41) is 24.8. The predicted octanol–water partition coefficient (Wildman–Crippen LogP) is 1.24. The summed E-state index contributed by atoms with van der Waals surface area (Å²) in [6.45, 7) is -0.205. The Hall–Kier alpha value is -2.22. The number of hydrogen-bond acceptors (Lipinski definition) is 6. The van der Waals surface area contributed by atoms with Crippen LogP contribution in [0.1, 0.15) is 54.8 Å². The van der Waals surface area contributed by atoms with E-state index in [1.54, 1.807) is 16.9 Å². The number of nitrogens with zero attached hydrogens (tertiary/aromatic N) is 4. The van der Waals surface area contributed by atoms with E-state index in [0.29, 0.717) is 17.6 Å². The van der Waals surface area contributed by atoms with Crippen LogP contribution in [0.4, 0.5) is 0 Å². The van der Waals surface area contributed by atoms with Crippen LogP contribution in [0.25, 0.3) is 0 Å². The summed E-state index contributed by atoms with van der Waals surface area (Å²) >= 11 is 0. The summed E-state index contributed by atoms with van der Waals surface area (Å²) < 4.78 is 5.40. The van der Waals surface area contributed by atoms with Crippen molar-refractivity contribution < 1.29 is 14.3 Å². The zero-order chi connectivity index (χ0) is 17.1. The van der Waals surface area contributed by atoms with Gasteiger partial charge in [0.15, 0.2) is 12.1 Å². The molecular weight excluding hydrogens is 322 g/mol. The van der Waals surface area contributed by atoms with Crippen molar-refractivity contribution in [3.63, 3.8) is 0 Å². The van der Waals surface area contributed by atoms with Gasteiger partial charge in [0.25, 0.3) is 5.91 Å². The third-order valence-corrected chi connectivity index (χ3v) is 6.22. The smallest absolute Gasteiger partial charge is 0.287 e. The molecule has 0 aromatic carbocycles. The molecule has 4 aliphatic carbocycles. The molecule has 8 heteroatoms. The van der Waals surface area contributed by atoms with E-state index in [1.165, 1.54) is 12.7 Å². The lowest BCUT2D eigenvalue weighted by Gasteiger charge is -2.61. The van der Waals surface area contributed by atoms with Crippen LogP contribution in [0.5, 0.6) is 0 Å². The number of hydrogen-bond donors (Lipinski definition) is 2. The standard InChI is InChI=1S/C17H21N5O3/c23-8-13-1-2-14(25-13)15(24)20-16-4-11-3-12(5-16)7-17(6-11,9-16)22-19-10-18-21-22/h1-2,10-12,23H,3-9H2,(H,20,24). The minimum atomic E-state index is -0.235. The van der Waals surface area contributed by atoms with Crippen LogP contribution in [0.3, 0.4) is 0 Å². The molecule has 1 amide bonds. The number of aliphatic hydroxyl groups excluding tert-OH is 1. The van der Waals surface area contributed by atoms with E-state index in [4.69, 9.17) is 9.52 Å². The monoisotopic (exact) mass is 343 g/mol. The van der Waals surface area contributed by atoms with Gasteiger partial charge in [0.1, 0.15) is 12.4 Å². The van der Waals surface area contributed by atoms with Gasteiger partial charge in [-0.3, -0.25) is 4.79 Å². The first-order valence-corrected chi connectivity index (χ1v) is 8.85. The first-order chi connectivity index (χ1) is 12.1. The predicted molar refractivity (Wildman–Crippen MR) is 85.3 cm³/mol. The van der Waals surface area contributed by atoms with Crippen molar-refractivity contribution in [1.29, 1.82) is 0 Å². The molecule has 0 aliphatic heterocycles. The van der Waals surface area contributed by atoms with Crippen molar-refractivity contribution in [2.45, 2.75) is 56.2 Å². The maximum Gasteiger partial charge on any atom is 0.287 e. The molecule has 2 unspecified atom stereocenters. The van der Waals surface area contributed by atoms with E-state index < -0.39 is 0 Å².